The van der Waals surface area contributed by atoms with Gasteiger partial charge in [-0.2, -0.15) is 0 Å². The molecule has 0 bridgehead atoms. The lowest BCUT2D eigenvalue weighted by Gasteiger charge is -2.31. The summed E-state index contributed by atoms with van der Waals surface area (Å²) in [5.41, 5.74) is 8.32. The summed E-state index contributed by atoms with van der Waals surface area (Å²) in [6.07, 6.45) is 5.70. The second kappa shape index (κ2) is 14.0. The minimum absolute atomic E-state index is 0.0794. The molecule has 2 saturated heterocycles. The Bertz CT molecular complexity index is 2230. The first-order valence-corrected chi connectivity index (χ1v) is 20.1. The average molecular weight is 763 g/mol. The molecule has 0 radical (unpaired) electrons. The van der Waals surface area contributed by atoms with Crippen LogP contribution >= 0.6 is 0 Å². The third kappa shape index (κ3) is 6.26. The number of benzene rings is 2. The fourth-order valence-corrected chi connectivity index (χ4v) is 9.64. The van der Waals surface area contributed by atoms with Crippen molar-refractivity contribution >= 4 is 35.0 Å². The molecule has 0 spiro atoms. The van der Waals surface area contributed by atoms with Gasteiger partial charge in [-0.15, -0.1) is 0 Å². The SMILES string of the molecule is CC[C@H](NC(=O)OC)C(=O)N1C2C[C@@H]2C[C@H]1c1nc2c([nH]1)CCCc1cc(-c3ccc4nc([C@@H]5C[C@H]6C[C@H]6N5C(=O)[C@@H](NC(=O)OC)C(C)C)[nH]c4c3)ccc1-2. The summed E-state index contributed by atoms with van der Waals surface area (Å²) < 4.78 is 9.61. The molecule has 2 aromatic carbocycles. The zero-order chi connectivity index (χ0) is 39.0. The summed E-state index contributed by atoms with van der Waals surface area (Å²) in [7, 11) is 2.61. The number of aromatic amines is 2. The first-order chi connectivity index (χ1) is 27.1. The smallest absolute Gasteiger partial charge is 0.407 e. The summed E-state index contributed by atoms with van der Waals surface area (Å²) >= 11 is 0. The molecule has 1 unspecified atom stereocenters. The Hall–Kier alpha value is -5.40. The van der Waals surface area contributed by atoms with E-state index < -0.39 is 24.3 Å². The van der Waals surface area contributed by atoms with Crippen LogP contribution < -0.4 is 10.6 Å². The van der Waals surface area contributed by atoms with Crippen LogP contribution in [-0.2, 0) is 31.9 Å². The Labute approximate surface area is 325 Å². The van der Waals surface area contributed by atoms with Gasteiger partial charge >= 0.3 is 12.2 Å². The standard InChI is InChI=1S/C42H50N8O6/c1-6-27(46-41(53)55-4)39(51)49-31-16-24(31)19-34(49)38-44-29-9-7-8-23-14-21(10-12-26(23)36(29)47-38)22-11-13-28-30(15-22)45-37(43-28)33-18-25-17-32(25)50(33)40(52)35(20(2)3)48-42(54)56-5/h10-15,20,24-25,27,31-35H,6-9,16-19H2,1-5H3,(H,43,45)(H,44,47)(H,46,53)(H,48,54)/t24-,25-,27+,31?,32-,33+,34+,35+/m1/s1. The van der Waals surface area contributed by atoms with Crippen LogP contribution in [0.3, 0.4) is 0 Å². The molecule has 5 aliphatic rings. The Morgan fingerprint density at radius 1 is 0.804 bits per heavy atom. The molecule has 4 N–H and O–H groups in total. The fourth-order valence-electron chi connectivity index (χ4n) is 9.64. The third-order valence-electron chi connectivity index (χ3n) is 12.8. The number of hydrogen-bond donors (Lipinski definition) is 4. The number of alkyl carbamates (subject to hydrolysis) is 2. The lowest BCUT2D eigenvalue weighted by atomic mass is 9.96. The molecule has 4 fully saturated rings. The van der Waals surface area contributed by atoms with Crippen LogP contribution in [-0.4, -0.2) is 92.1 Å². The Balaban J connectivity index is 0.961. The lowest BCUT2D eigenvalue weighted by Crippen LogP contribution is -2.52. The number of hydrogen-bond acceptors (Lipinski definition) is 8. The number of aromatic nitrogens is 4. The van der Waals surface area contributed by atoms with Crippen molar-refractivity contribution in [1.82, 2.24) is 40.4 Å². The van der Waals surface area contributed by atoms with Gasteiger partial charge in [0.25, 0.3) is 0 Å². The van der Waals surface area contributed by atoms with E-state index in [0.29, 0.717) is 18.3 Å². The monoisotopic (exact) mass is 762 g/mol. The van der Waals surface area contributed by atoms with Gasteiger partial charge in [0.2, 0.25) is 11.8 Å². The number of carbonyl (C=O) groups is 4. The molecule has 4 aromatic rings. The maximum atomic E-state index is 13.9. The van der Waals surface area contributed by atoms with Crippen LogP contribution in [0.25, 0.3) is 33.4 Å². The Kier molecular flexibility index (Phi) is 9.04. The van der Waals surface area contributed by atoms with Crippen molar-refractivity contribution in [1.29, 1.82) is 0 Å². The number of amides is 4. The van der Waals surface area contributed by atoms with Gasteiger partial charge in [0.15, 0.2) is 0 Å². The van der Waals surface area contributed by atoms with Crippen molar-refractivity contribution < 1.29 is 28.7 Å². The van der Waals surface area contributed by atoms with Crippen LogP contribution in [0, 0.1) is 17.8 Å². The molecule has 294 valence electrons. The molecule has 4 amide bonds. The predicted molar refractivity (Wildman–Crippen MR) is 207 cm³/mol. The summed E-state index contributed by atoms with van der Waals surface area (Å²) in [4.78, 5) is 73.1. The van der Waals surface area contributed by atoms with Gasteiger partial charge < -0.3 is 39.9 Å². The van der Waals surface area contributed by atoms with Gasteiger partial charge in [0.1, 0.15) is 23.7 Å². The topological polar surface area (TPSA) is 175 Å². The second-order valence-corrected chi connectivity index (χ2v) is 16.6. The number of nitrogens with one attached hydrogen (secondary N) is 4. The van der Waals surface area contributed by atoms with E-state index in [1.165, 1.54) is 19.8 Å². The Morgan fingerprint density at radius 2 is 1.45 bits per heavy atom. The van der Waals surface area contributed by atoms with E-state index in [1.807, 2.05) is 36.6 Å². The highest BCUT2D eigenvalue weighted by Crippen LogP contribution is 2.55. The van der Waals surface area contributed by atoms with Gasteiger partial charge in [-0.25, -0.2) is 19.6 Å². The quantitative estimate of drug-likeness (QED) is 0.162. The van der Waals surface area contributed by atoms with Crippen LogP contribution in [0.2, 0.25) is 0 Å². The van der Waals surface area contributed by atoms with Gasteiger partial charge in [-0.3, -0.25) is 9.59 Å². The van der Waals surface area contributed by atoms with Gasteiger partial charge in [0.05, 0.1) is 43.0 Å². The number of H-pyrrole nitrogens is 2. The first kappa shape index (κ1) is 36.3. The number of piperidine rings is 2. The molecule has 56 heavy (non-hydrogen) atoms. The van der Waals surface area contributed by atoms with Crippen molar-refractivity contribution in [3.63, 3.8) is 0 Å². The highest BCUT2D eigenvalue weighted by Gasteiger charge is 2.57. The number of fused-ring (bicyclic) bond motifs is 6. The maximum Gasteiger partial charge on any atom is 0.407 e. The number of likely N-dealkylation sites (tertiary alicyclic amines) is 2. The van der Waals surface area contributed by atoms with E-state index >= 15 is 0 Å². The molecule has 3 aliphatic carbocycles. The van der Waals surface area contributed by atoms with Crippen molar-refractivity contribution in [3.05, 3.63) is 59.3 Å². The Morgan fingerprint density at radius 3 is 2.12 bits per heavy atom. The molecule has 9 rings (SSSR count). The van der Waals surface area contributed by atoms with E-state index in [4.69, 9.17) is 19.4 Å². The molecule has 4 heterocycles. The van der Waals surface area contributed by atoms with E-state index in [0.717, 1.165) is 95.7 Å². The number of rotatable bonds is 9. The van der Waals surface area contributed by atoms with Gasteiger partial charge in [-0.1, -0.05) is 45.0 Å². The highest BCUT2D eigenvalue weighted by molar-refractivity contribution is 5.88. The van der Waals surface area contributed by atoms with Gasteiger partial charge in [0, 0.05) is 23.3 Å². The number of carbonyl (C=O) groups excluding carboxylic acids is 4. The van der Waals surface area contributed by atoms with Crippen molar-refractivity contribution in [2.24, 2.45) is 17.8 Å². The van der Waals surface area contributed by atoms with E-state index in [-0.39, 0.29) is 41.9 Å². The van der Waals surface area contributed by atoms with E-state index in [9.17, 15) is 19.2 Å². The molecule has 8 atom stereocenters. The van der Waals surface area contributed by atoms with Crippen LogP contribution in [0.15, 0.2) is 36.4 Å². The predicted octanol–water partition coefficient (Wildman–Crippen LogP) is 5.95. The summed E-state index contributed by atoms with van der Waals surface area (Å²) in [5, 5.41) is 5.48. The summed E-state index contributed by atoms with van der Waals surface area (Å²) in [6.45, 7) is 5.75. The number of aryl methyl sites for hydroxylation is 2. The zero-order valence-electron chi connectivity index (χ0n) is 32.6. The number of ether oxygens (including phenoxy) is 2. The van der Waals surface area contributed by atoms with Crippen molar-refractivity contribution in [2.45, 2.75) is 108 Å². The zero-order valence-corrected chi connectivity index (χ0v) is 32.6. The van der Waals surface area contributed by atoms with Crippen LogP contribution in [0.5, 0.6) is 0 Å². The summed E-state index contributed by atoms with van der Waals surface area (Å²) in [5.74, 6) is 2.22. The highest BCUT2D eigenvalue weighted by atomic mass is 16.5. The minimum atomic E-state index is -0.680. The molecule has 2 aromatic heterocycles. The fraction of sp³-hybridized carbons (Fsp3) is 0.524. The van der Waals surface area contributed by atoms with Crippen LogP contribution in [0.4, 0.5) is 9.59 Å². The van der Waals surface area contributed by atoms with E-state index in [2.05, 4.69) is 50.9 Å². The maximum absolute atomic E-state index is 13.9. The number of nitrogens with zero attached hydrogens (tertiary/aromatic N) is 4. The largest absolute Gasteiger partial charge is 0.453 e. The second-order valence-electron chi connectivity index (χ2n) is 16.6. The third-order valence-corrected chi connectivity index (χ3v) is 12.8. The average Bonchev–Trinajstić information content (AvgIpc) is 3.91. The van der Waals surface area contributed by atoms with Crippen LogP contribution in [0.1, 0.15) is 94.3 Å². The molecular weight excluding hydrogens is 713 g/mol. The molecule has 2 saturated carbocycles. The van der Waals surface area contributed by atoms with Crippen molar-refractivity contribution in [2.75, 3.05) is 14.2 Å². The van der Waals surface area contributed by atoms with E-state index in [1.54, 1.807) is 0 Å². The first-order valence-electron chi connectivity index (χ1n) is 20.1. The normalized spacial score (nSPS) is 25.4. The van der Waals surface area contributed by atoms with Crippen molar-refractivity contribution in [3.8, 4) is 22.4 Å². The summed E-state index contributed by atoms with van der Waals surface area (Å²) in [6, 6.07) is 11.5. The van der Waals surface area contributed by atoms with Gasteiger partial charge in [-0.05, 0) is 97.9 Å². The number of imidazole rings is 2. The number of methoxy groups -OCH3 is 2. The molecular formula is C42H50N8O6. The molecule has 14 nitrogen and oxygen atoms in total. The molecule has 2 aliphatic heterocycles. The lowest BCUT2D eigenvalue weighted by molar-refractivity contribution is -0.137. The minimum Gasteiger partial charge on any atom is -0.453 e. The molecule has 14 heteroatoms.